The Morgan fingerprint density at radius 3 is 2.58 bits per heavy atom. The summed E-state index contributed by atoms with van der Waals surface area (Å²) in [5, 5.41) is 12.9. The van der Waals surface area contributed by atoms with Crippen molar-refractivity contribution in [1.82, 2.24) is 0 Å². The maximum atomic E-state index is 12.2. The number of carbonyl (C=O) groups is 2. The Hall–Kier alpha value is -2.94. The summed E-state index contributed by atoms with van der Waals surface area (Å²) < 4.78 is 15.5. The van der Waals surface area contributed by atoms with E-state index in [2.05, 4.69) is 0 Å². The molecule has 0 aliphatic carbocycles. The van der Waals surface area contributed by atoms with Crippen LogP contribution in [-0.2, 0) is 4.74 Å². The number of ether oxygens (including phenoxy) is 3. The first-order valence-electron chi connectivity index (χ1n) is 6.88. The lowest BCUT2D eigenvalue weighted by Crippen LogP contribution is -2.18. The molecule has 124 valence electrons. The van der Waals surface area contributed by atoms with Gasteiger partial charge in [-0.1, -0.05) is 6.07 Å². The van der Waals surface area contributed by atoms with E-state index in [0.29, 0.717) is 4.88 Å². The summed E-state index contributed by atoms with van der Waals surface area (Å²) in [6.45, 7) is 0.0460. The third-order valence-corrected chi connectivity index (χ3v) is 4.12. The van der Waals surface area contributed by atoms with E-state index in [-0.39, 0.29) is 36.1 Å². The number of hydrogen-bond acceptors (Lipinski definition) is 8. The van der Waals surface area contributed by atoms with Crippen LogP contribution in [-0.4, -0.2) is 36.5 Å². The van der Waals surface area contributed by atoms with Crippen molar-refractivity contribution >= 4 is 28.8 Å². The van der Waals surface area contributed by atoms with Crippen LogP contribution in [0.3, 0.4) is 0 Å². The molecular formula is C15H11NO7S. The Labute approximate surface area is 139 Å². The SMILES string of the molecule is O=C(COC(=O)c1cc2c(cc1[N+](=O)[O-])OCCO2)c1cccs1. The number of hydrogen-bond donors (Lipinski definition) is 0. The fourth-order valence-electron chi connectivity index (χ4n) is 2.11. The van der Waals surface area contributed by atoms with Gasteiger partial charge in [-0.2, -0.15) is 0 Å². The third kappa shape index (κ3) is 3.20. The highest BCUT2D eigenvalue weighted by atomic mass is 32.1. The van der Waals surface area contributed by atoms with Gasteiger partial charge in [-0.25, -0.2) is 4.79 Å². The summed E-state index contributed by atoms with van der Waals surface area (Å²) in [6, 6.07) is 5.62. The zero-order valence-corrected chi connectivity index (χ0v) is 13.0. The molecule has 0 spiro atoms. The smallest absolute Gasteiger partial charge is 0.345 e. The molecule has 8 nitrogen and oxygen atoms in total. The molecule has 0 amide bonds. The van der Waals surface area contributed by atoms with Crippen LogP contribution >= 0.6 is 11.3 Å². The third-order valence-electron chi connectivity index (χ3n) is 3.21. The van der Waals surface area contributed by atoms with E-state index in [1.165, 1.54) is 17.4 Å². The predicted molar refractivity (Wildman–Crippen MR) is 83.0 cm³/mol. The van der Waals surface area contributed by atoms with E-state index in [0.717, 1.165) is 6.07 Å². The minimum atomic E-state index is -0.969. The maximum absolute atomic E-state index is 12.2. The van der Waals surface area contributed by atoms with E-state index in [9.17, 15) is 19.7 Å². The van der Waals surface area contributed by atoms with Crippen molar-refractivity contribution < 1.29 is 28.7 Å². The number of Topliss-reactive ketones (excluding diaryl/α,β-unsaturated/α-hetero) is 1. The number of nitro benzene ring substituents is 1. The van der Waals surface area contributed by atoms with Crippen molar-refractivity contribution in [3.63, 3.8) is 0 Å². The normalized spacial score (nSPS) is 12.5. The number of rotatable bonds is 5. The minimum absolute atomic E-state index is 0.194. The first kappa shape index (κ1) is 15.9. The van der Waals surface area contributed by atoms with Crippen LogP contribution < -0.4 is 9.47 Å². The number of fused-ring (bicyclic) bond motifs is 1. The largest absolute Gasteiger partial charge is 0.486 e. The highest BCUT2D eigenvalue weighted by Crippen LogP contribution is 2.36. The van der Waals surface area contributed by atoms with E-state index in [4.69, 9.17) is 14.2 Å². The van der Waals surface area contributed by atoms with Crippen LogP contribution in [0.15, 0.2) is 29.6 Å². The van der Waals surface area contributed by atoms with E-state index < -0.39 is 23.2 Å². The molecule has 1 aliphatic heterocycles. The Kier molecular flexibility index (Phi) is 4.43. The summed E-state index contributed by atoms with van der Waals surface area (Å²) in [4.78, 5) is 34.9. The number of nitrogens with zero attached hydrogens (tertiary/aromatic N) is 1. The van der Waals surface area contributed by atoms with Crippen molar-refractivity contribution in [2.75, 3.05) is 19.8 Å². The molecule has 1 aromatic carbocycles. The molecule has 0 unspecified atom stereocenters. The van der Waals surface area contributed by atoms with E-state index >= 15 is 0 Å². The number of carbonyl (C=O) groups excluding carboxylic acids is 2. The molecule has 0 radical (unpaired) electrons. The fraction of sp³-hybridized carbons (Fsp3) is 0.200. The summed E-state index contributed by atoms with van der Waals surface area (Å²) in [7, 11) is 0. The molecule has 0 saturated carbocycles. The van der Waals surface area contributed by atoms with Crippen LogP contribution in [0.25, 0.3) is 0 Å². The second kappa shape index (κ2) is 6.67. The lowest BCUT2D eigenvalue weighted by Gasteiger charge is -2.18. The molecule has 0 N–H and O–H groups in total. The molecule has 2 heterocycles. The summed E-state index contributed by atoms with van der Waals surface area (Å²) >= 11 is 1.22. The second-order valence-corrected chi connectivity index (χ2v) is 5.69. The van der Waals surface area contributed by atoms with Crippen molar-refractivity contribution in [3.05, 3.63) is 50.2 Å². The van der Waals surface area contributed by atoms with Gasteiger partial charge in [-0.05, 0) is 11.4 Å². The fourth-order valence-corrected chi connectivity index (χ4v) is 2.76. The quantitative estimate of drug-likeness (QED) is 0.353. The van der Waals surface area contributed by atoms with Gasteiger partial charge < -0.3 is 14.2 Å². The Morgan fingerprint density at radius 2 is 1.96 bits per heavy atom. The van der Waals surface area contributed by atoms with Crippen LogP contribution in [0, 0.1) is 10.1 Å². The van der Waals surface area contributed by atoms with Crippen molar-refractivity contribution in [1.29, 1.82) is 0 Å². The standard InChI is InChI=1S/C15H11NO7S/c17-11(14-2-1-5-24-14)8-23-15(18)9-6-12-13(22-4-3-21-12)7-10(9)16(19)20/h1-2,5-7H,3-4,8H2. The first-order chi connectivity index (χ1) is 11.6. The zero-order chi connectivity index (χ0) is 17.1. The molecule has 1 aromatic heterocycles. The summed E-state index contributed by atoms with van der Waals surface area (Å²) in [5.74, 6) is -0.926. The Bertz CT molecular complexity index is 800. The Morgan fingerprint density at radius 1 is 1.25 bits per heavy atom. The molecule has 0 saturated heterocycles. The average Bonchev–Trinajstić information content (AvgIpc) is 3.12. The van der Waals surface area contributed by atoms with Gasteiger partial charge in [0, 0.05) is 6.07 Å². The number of esters is 1. The van der Waals surface area contributed by atoms with E-state index in [1.54, 1.807) is 17.5 Å². The molecule has 0 atom stereocenters. The number of thiophene rings is 1. The van der Waals surface area contributed by atoms with Gasteiger partial charge in [0.15, 0.2) is 18.1 Å². The molecular weight excluding hydrogens is 338 g/mol. The lowest BCUT2D eigenvalue weighted by molar-refractivity contribution is -0.385. The number of benzene rings is 1. The summed E-state index contributed by atoms with van der Waals surface area (Å²) in [5.41, 5.74) is -0.754. The van der Waals surface area contributed by atoms with Gasteiger partial charge in [0.1, 0.15) is 18.8 Å². The lowest BCUT2D eigenvalue weighted by atomic mass is 10.1. The van der Waals surface area contributed by atoms with Gasteiger partial charge in [0.25, 0.3) is 5.69 Å². The average molecular weight is 349 g/mol. The predicted octanol–water partition coefficient (Wildman–Crippen LogP) is 2.47. The van der Waals surface area contributed by atoms with Crippen molar-refractivity contribution in [2.24, 2.45) is 0 Å². The molecule has 3 rings (SSSR count). The van der Waals surface area contributed by atoms with Crippen molar-refractivity contribution in [3.8, 4) is 11.5 Å². The molecule has 24 heavy (non-hydrogen) atoms. The molecule has 0 bridgehead atoms. The zero-order valence-electron chi connectivity index (χ0n) is 12.2. The van der Waals surface area contributed by atoms with Crippen LogP contribution in [0.1, 0.15) is 20.0 Å². The highest BCUT2D eigenvalue weighted by Gasteiger charge is 2.27. The summed E-state index contributed by atoms with van der Waals surface area (Å²) in [6.07, 6.45) is 0. The molecule has 2 aromatic rings. The monoisotopic (exact) mass is 349 g/mol. The van der Waals surface area contributed by atoms with Gasteiger partial charge in [-0.3, -0.25) is 14.9 Å². The van der Waals surface area contributed by atoms with Gasteiger partial charge >= 0.3 is 5.97 Å². The van der Waals surface area contributed by atoms with Gasteiger partial charge in [-0.15, -0.1) is 11.3 Å². The topological polar surface area (TPSA) is 105 Å². The molecule has 9 heteroatoms. The van der Waals surface area contributed by atoms with Crippen LogP contribution in [0.2, 0.25) is 0 Å². The first-order valence-corrected chi connectivity index (χ1v) is 7.76. The van der Waals surface area contributed by atoms with Crippen LogP contribution in [0.5, 0.6) is 11.5 Å². The number of ketones is 1. The molecule has 0 fully saturated rings. The molecule has 1 aliphatic rings. The van der Waals surface area contributed by atoms with Gasteiger partial charge in [0.05, 0.1) is 15.9 Å². The number of nitro groups is 1. The minimum Gasteiger partial charge on any atom is -0.486 e. The highest BCUT2D eigenvalue weighted by molar-refractivity contribution is 7.12. The maximum Gasteiger partial charge on any atom is 0.345 e. The second-order valence-electron chi connectivity index (χ2n) is 4.75. The van der Waals surface area contributed by atoms with E-state index in [1.807, 2.05) is 0 Å². The Balaban J connectivity index is 1.80. The van der Waals surface area contributed by atoms with Gasteiger partial charge in [0.2, 0.25) is 5.78 Å². The van der Waals surface area contributed by atoms with Crippen LogP contribution in [0.4, 0.5) is 5.69 Å². The van der Waals surface area contributed by atoms with Crippen molar-refractivity contribution in [2.45, 2.75) is 0 Å².